The van der Waals surface area contributed by atoms with Crippen LogP contribution >= 0.6 is 0 Å². The van der Waals surface area contributed by atoms with Gasteiger partial charge < -0.3 is 9.47 Å². The number of para-hydroxylation sites is 2. The average Bonchev–Trinajstić information content (AvgIpc) is 3.06. The SMILES string of the molecule is O=C(Cn1cnc2ccccc21)N1CCCC(Cc2cccnc2)C1. The predicted molar refractivity (Wildman–Crippen MR) is 97.0 cm³/mol. The van der Waals surface area contributed by atoms with Gasteiger partial charge in [0, 0.05) is 25.5 Å². The van der Waals surface area contributed by atoms with Crippen molar-refractivity contribution in [2.45, 2.75) is 25.8 Å². The molecule has 1 aliphatic heterocycles. The molecule has 0 N–H and O–H groups in total. The van der Waals surface area contributed by atoms with E-state index in [0.717, 1.165) is 37.0 Å². The van der Waals surface area contributed by atoms with Crippen molar-refractivity contribution < 1.29 is 4.79 Å². The Labute approximate surface area is 147 Å². The number of fused-ring (bicyclic) bond motifs is 1. The summed E-state index contributed by atoms with van der Waals surface area (Å²) in [5, 5.41) is 0. The van der Waals surface area contributed by atoms with E-state index in [1.54, 1.807) is 12.5 Å². The first kappa shape index (κ1) is 15.8. The van der Waals surface area contributed by atoms with Crippen LogP contribution in [-0.2, 0) is 17.8 Å². The Morgan fingerprint density at radius 1 is 1.20 bits per heavy atom. The quantitative estimate of drug-likeness (QED) is 0.737. The van der Waals surface area contributed by atoms with E-state index in [1.807, 2.05) is 46.0 Å². The summed E-state index contributed by atoms with van der Waals surface area (Å²) in [4.78, 5) is 23.4. The van der Waals surface area contributed by atoms with Crippen LogP contribution in [0, 0.1) is 5.92 Å². The lowest BCUT2D eigenvalue weighted by molar-refractivity contribution is -0.133. The van der Waals surface area contributed by atoms with E-state index in [1.165, 1.54) is 12.0 Å². The van der Waals surface area contributed by atoms with Crippen LogP contribution in [0.25, 0.3) is 11.0 Å². The number of amides is 1. The number of pyridine rings is 1. The maximum absolute atomic E-state index is 12.8. The molecule has 1 atom stereocenters. The Hall–Kier alpha value is -2.69. The number of piperidine rings is 1. The van der Waals surface area contributed by atoms with E-state index in [-0.39, 0.29) is 5.91 Å². The molecule has 1 aliphatic rings. The summed E-state index contributed by atoms with van der Waals surface area (Å²) in [6.07, 6.45) is 8.73. The third-order valence-corrected chi connectivity index (χ3v) is 4.95. The van der Waals surface area contributed by atoms with E-state index < -0.39 is 0 Å². The fraction of sp³-hybridized carbons (Fsp3) is 0.350. The first-order valence-corrected chi connectivity index (χ1v) is 8.86. The number of aromatic nitrogens is 3. The number of hydrogen-bond donors (Lipinski definition) is 0. The largest absolute Gasteiger partial charge is 0.341 e. The van der Waals surface area contributed by atoms with Crippen molar-refractivity contribution in [3.63, 3.8) is 0 Å². The summed E-state index contributed by atoms with van der Waals surface area (Å²) < 4.78 is 1.95. The molecule has 25 heavy (non-hydrogen) atoms. The summed E-state index contributed by atoms with van der Waals surface area (Å²) in [7, 11) is 0. The highest BCUT2D eigenvalue weighted by Gasteiger charge is 2.24. The Bertz CT molecular complexity index is 858. The lowest BCUT2D eigenvalue weighted by Gasteiger charge is -2.33. The van der Waals surface area contributed by atoms with E-state index in [9.17, 15) is 4.79 Å². The van der Waals surface area contributed by atoms with E-state index >= 15 is 0 Å². The third kappa shape index (κ3) is 3.55. The second-order valence-corrected chi connectivity index (χ2v) is 6.77. The standard InChI is InChI=1S/C20H22N4O/c25-20(14-24-15-22-18-7-1-2-8-19(18)24)23-10-4-6-17(13-23)11-16-5-3-9-21-12-16/h1-3,5,7-9,12,15,17H,4,6,10-11,13-14H2. The molecule has 0 aliphatic carbocycles. The molecule has 0 saturated carbocycles. The smallest absolute Gasteiger partial charge is 0.242 e. The van der Waals surface area contributed by atoms with Gasteiger partial charge >= 0.3 is 0 Å². The molecule has 0 bridgehead atoms. The molecule has 5 nitrogen and oxygen atoms in total. The van der Waals surface area contributed by atoms with Gasteiger partial charge in [0.2, 0.25) is 5.91 Å². The van der Waals surface area contributed by atoms with Gasteiger partial charge in [-0.05, 0) is 48.9 Å². The third-order valence-electron chi connectivity index (χ3n) is 4.95. The molecule has 1 saturated heterocycles. The predicted octanol–water partition coefficient (Wildman–Crippen LogP) is 2.91. The first-order valence-electron chi connectivity index (χ1n) is 8.86. The van der Waals surface area contributed by atoms with Crippen molar-refractivity contribution in [2.24, 2.45) is 5.92 Å². The van der Waals surface area contributed by atoms with Gasteiger partial charge in [0.15, 0.2) is 0 Å². The maximum Gasteiger partial charge on any atom is 0.242 e. The maximum atomic E-state index is 12.8. The van der Waals surface area contributed by atoms with Crippen LogP contribution in [0.15, 0.2) is 55.1 Å². The molecule has 4 rings (SSSR count). The van der Waals surface area contributed by atoms with E-state index in [4.69, 9.17) is 0 Å². The van der Waals surface area contributed by atoms with Crippen LogP contribution in [-0.4, -0.2) is 38.4 Å². The average molecular weight is 334 g/mol. The van der Waals surface area contributed by atoms with Crippen LogP contribution in [0.1, 0.15) is 18.4 Å². The number of rotatable bonds is 4. The van der Waals surface area contributed by atoms with Crippen LogP contribution in [0.2, 0.25) is 0 Å². The molecule has 2 aromatic heterocycles. The molecule has 1 aromatic carbocycles. The highest BCUT2D eigenvalue weighted by molar-refractivity contribution is 5.80. The number of likely N-dealkylation sites (tertiary alicyclic amines) is 1. The monoisotopic (exact) mass is 334 g/mol. The molecule has 0 spiro atoms. The van der Waals surface area contributed by atoms with Crippen molar-refractivity contribution in [1.29, 1.82) is 0 Å². The van der Waals surface area contributed by atoms with Crippen LogP contribution < -0.4 is 0 Å². The zero-order valence-electron chi connectivity index (χ0n) is 14.2. The van der Waals surface area contributed by atoms with Crippen molar-refractivity contribution in [3.8, 4) is 0 Å². The Balaban J connectivity index is 1.41. The molecule has 1 amide bonds. The normalized spacial score (nSPS) is 17.8. The summed E-state index contributed by atoms with van der Waals surface area (Å²) in [5.41, 5.74) is 3.20. The minimum absolute atomic E-state index is 0.180. The number of benzene rings is 1. The van der Waals surface area contributed by atoms with Gasteiger partial charge in [-0.1, -0.05) is 18.2 Å². The van der Waals surface area contributed by atoms with Crippen molar-refractivity contribution in [3.05, 3.63) is 60.7 Å². The minimum Gasteiger partial charge on any atom is -0.341 e. The van der Waals surface area contributed by atoms with Crippen LogP contribution in [0.5, 0.6) is 0 Å². The van der Waals surface area contributed by atoms with Crippen molar-refractivity contribution >= 4 is 16.9 Å². The van der Waals surface area contributed by atoms with Gasteiger partial charge in [0.05, 0.1) is 17.4 Å². The fourth-order valence-corrected chi connectivity index (χ4v) is 3.69. The minimum atomic E-state index is 0.180. The number of hydrogen-bond acceptors (Lipinski definition) is 3. The molecule has 1 fully saturated rings. The topological polar surface area (TPSA) is 51.0 Å². The Kier molecular flexibility index (Phi) is 4.46. The Morgan fingerprint density at radius 2 is 2.12 bits per heavy atom. The van der Waals surface area contributed by atoms with Gasteiger partial charge in [0.25, 0.3) is 0 Å². The first-order chi connectivity index (χ1) is 12.3. The van der Waals surface area contributed by atoms with E-state index in [0.29, 0.717) is 12.5 Å². The molecule has 3 aromatic rings. The molecule has 5 heteroatoms. The van der Waals surface area contributed by atoms with Gasteiger partial charge in [-0.2, -0.15) is 0 Å². The Morgan fingerprint density at radius 3 is 3.00 bits per heavy atom. The molecular weight excluding hydrogens is 312 g/mol. The highest BCUT2D eigenvalue weighted by atomic mass is 16.2. The second-order valence-electron chi connectivity index (χ2n) is 6.77. The van der Waals surface area contributed by atoms with Crippen LogP contribution in [0.4, 0.5) is 0 Å². The molecule has 0 radical (unpaired) electrons. The highest BCUT2D eigenvalue weighted by Crippen LogP contribution is 2.21. The zero-order chi connectivity index (χ0) is 17.1. The second kappa shape index (κ2) is 7.05. The summed E-state index contributed by atoms with van der Waals surface area (Å²) in [6.45, 7) is 2.05. The van der Waals surface area contributed by atoms with Crippen molar-refractivity contribution in [1.82, 2.24) is 19.4 Å². The summed E-state index contributed by atoms with van der Waals surface area (Å²) in [6, 6.07) is 12.0. The summed E-state index contributed by atoms with van der Waals surface area (Å²) >= 11 is 0. The molecule has 1 unspecified atom stereocenters. The van der Waals surface area contributed by atoms with Gasteiger partial charge in [-0.15, -0.1) is 0 Å². The van der Waals surface area contributed by atoms with E-state index in [2.05, 4.69) is 16.0 Å². The van der Waals surface area contributed by atoms with Gasteiger partial charge in [0.1, 0.15) is 6.54 Å². The molecule has 128 valence electrons. The number of carbonyl (C=O) groups excluding carboxylic acids is 1. The number of imidazole rings is 1. The zero-order valence-corrected chi connectivity index (χ0v) is 14.2. The number of nitrogens with zero attached hydrogens (tertiary/aromatic N) is 4. The lowest BCUT2D eigenvalue weighted by Crippen LogP contribution is -2.42. The van der Waals surface area contributed by atoms with Crippen molar-refractivity contribution in [2.75, 3.05) is 13.1 Å². The number of carbonyl (C=O) groups is 1. The lowest BCUT2D eigenvalue weighted by atomic mass is 9.92. The van der Waals surface area contributed by atoms with Crippen LogP contribution in [0.3, 0.4) is 0 Å². The van der Waals surface area contributed by atoms with Gasteiger partial charge in [-0.25, -0.2) is 4.98 Å². The molecular formula is C20H22N4O. The fourth-order valence-electron chi connectivity index (χ4n) is 3.69. The molecule has 3 heterocycles. The summed E-state index contributed by atoms with van der Waals surface area (Å²) in [5.74, 6) is 0.695. The van der Waals surface area contributed by atoms with Gasteiger partial charge in [-0.3, -0.25) is 9.78 Å².